The molecule has 3 rings (SSSR count). The summed E-state index contributed by atoms with van der Waals surface area (Å²) >= 11 is 5.85. The first-order valence-corrected chi connectivity index (χ1v) is 8.22. The van der Waals surface area contributed by atoms with Gasteiger partial charge in [0.05, 0.1) is 0 Å². The van der Waals surface area contributed by atoms with E-state index in [-0.39, 0.29) is 5.69 Å². The average Bonchev–Trinajstić information content (AvgIpc) is 3.10. The third kappa shape index (κ3) is 3.92. The van der Waals surface area contributed by atoms with Crippen LogP contribution in [0.4, 0.5) is 0 Å². The summed E-state index contributed by atoms with van der Waals surface area (Å²) in [6, 6.07) is 13.9. The molecule has 0 aliphatic rings. The van der Waals surface area contributed by atoms with Crippen molar-refractivity contribution in [2.45, 2.75) is 13.8 Å². The number of aromatic nitrogens is 1. The SMILES string of the molecule is Cc1ccc(C(=O)NNC(=O)c2cc(-c3ccc(Cl)cc3)on2)c(C)c1. The van der Waals surface area contributed by atoms with E-state index in [2.05, 4.69) is 16.0 Å². The van der Waals surface area contributed by atoms with Gasteiger partial charge in [0, 0.05) is 22.2 Å². The molecule has 0 atom stereocenters. The minimum absolute atomic E-state index is 0.0517. The van der Waals surface area contributed by atoms with E-state index in [4.69, 9.17) is 16.1 Å². The highest BCUT2D eigenvalue weighted by Gasteiger charge is 2.15. The van der Waals surface area contributed by atoms with Crippen LogP contribution in [0.25, 0.3) is 11.3 Å². The molecule has 0 aliphatic carbocycles. The topological polar surface area (TPSA) is 84.2 Å². The number of halogens is 1. The third-order valence-corrected chi connectivity index (χ3v) is 4.04. The molecule has 2 aromatic carbocycles. The van der Waals surface area contributed by atoms with Crippen LogP contribution in [0.15, 0.2) is 53.1 Å². The number of nitrogens with one attached hydrogen (secondary N) is 2. The molecule has 26 heavy (non-hydrogen) atoms. The maximum absolute atomic E-state index is 12.2. The largest absolute Gasteiger partial charge is 0.355 e. The lowest BCUT2D eigenvalue weighted by atomic mass is 10.1. The quantitative estimate of drug-likeness (QED) is 0.689. The summed E-state index contributed by atoms with van der Waals surface area (Å²) in [5.74, 6) is -0.558. The van der Waals surface area contributed by atoms with Crippen LogP contribution in [0, 0.1) is 13.8 Å². The van der Waals surface area contributed by atoms with E-state index < -0.39 is 11.8 Å². The van der Waals surface area contributed by atoms with E-state index >= 15 is 0 Å². The van der Waals surface area contributed by atoms with Crippen LogP contribution in [0.3, 0.4) is 0 Å². The van der Waals surface area contributed by atoms with Crippen LogP contribution in [-0.4, -0.2) is 17.0 Å². The fourth-order valence-electron chi connectivity index (χ4n) is 2.45. The van der Waals surface area contributed by atoms with Gasteiger partial charge in [-0.15, -0.1) is 0 Å². The Labute approximate surface area is 155 Å². The van der Waals surface area contributed by atoms with Crippen molar-refractivity contribution in [3.8, 4) is 11.3 Å². The Hall–Kier alpha value is -3.12. The first kappa shape index (κ1) is 17.7. The fourth-order valence-corrected chi connectivity index (χ4v) is 2.57. The van der Waals surface area contributed by atoms with Gasteiger partial charge < -0.3 is 4.52 Å². The van der Waals surface area contributed by atoms with Gasteiger partial charge in [0.2, 0.25) is 0 Å². The minimum atomic E-state index is -0.577. The second-order valence-corrected chi connectivity index (χ2v) is 6.25. The first-order valence-electron chi connectivity index (χ1n) is 7.84. The zero-order chi connectivity index (χ0) is 18.7. The number of rotatable bonds is 3. The van der Waals surface area contributed by atoms with Gasteiger partial charge in [0.1, 0.15) is 0 Å². The molecule has 0 bridgehead atoms. The second-order valence-electron chi connectivity index (χ2n) is 5.81. The lowest BCUT2D eigenvalue weighted by molar-refractivity contribution is 0.0841. The molecule has 7 heteroatoms. The van der Waals surface area contributed by atoms with Crippen LogP contribution in [0.5, 0.6) is 0 Å². The highest BCUT2D eigenvalue weighted by molar-refractivity contribution is 6.30. The molecular weight excluding hydrogens is 354 g/mol. The number of hydrazine groups is 1. The highest BCUT2D eigenvalue weighted by Crippen LogP contribution is 2.22. The number of carbonyl (C=O) groups is 2. The number of nitrogens with zero attached hydrogens (tertiary/aromatic N) is 1. The molecule has 6 nitrogen and oxygen atoms in total. The molecule has 0 saturated carbocycles. The maximum atomic E-state index is 12.2. The Bertz CT molecular complexity index is 964. The summed E-state index contributed by atoms with van der Waals surface area (Å²) in [6.45, 7) is 3.78. The molecule has 1 heterocycles. The van der Waals surface area contributed by atoms with Gasteiger partial charge in [-0.25, -0.2) is 0 Å². The van der Waals surface area contributed by atoms with Gasteiger partial charge in [-0.2, -0.15) is 0 Å². The van der Waals surface area contributed by atoms with Crippen LogP contribution in [0.2, 0.25) is 5.02 Å². The van der Waals surface area contributed by atoms with E-state index in [0.717, 1.165) is 16.7 Å². The average molecular weight is 370 g/mol. The smallest absolute Gasteiger partial charge is 0.291 e. The van der Waals surface area contributed by atoms with Crippen molar-refractivity contribution in [1.29, 1.82) is 0 Å². The van der Waals surface area contributed by atoms with Crippen molar-refractivity contribution in [3.05, 3.63) is 75.9 Å². The summed E-state index contributed by atoms with van der Waals surface area (Å²) < 4.78 is 5.17. The van der Waals surface area contributed by atoms with E-state index in [1.807, 2.05) is 26.0 Å². The zero-order valence-corrected chi connectivity index (χ0v) is 14.9. The molecule has 0 radical (unpaired) electrons. The molecular formula is C19H16ClN3O3. The summed E-state index contributed by atoms with van der Waals surface area (Å²) in [7, 11) is 0. The Kier molecular flexibility index (Phi) is 5.04. The predicted molar refractivity (Wildman–Crippen MR) is 97.8 cm³/mol. The molecule has 0 aliphatic heterocycles. The van der Waals surface area contributed by atoms with Crippen LogP contribution >= 0.6 is 11.6 Å². The van der Waals surface area contributed by atoms with Gasteiger partial charge >= 0.3 is 0 Å². The molecule has 132 valence electrons. The predicted octanol–water partition coefficient (Wildman–Crippen LogP) is 3.69. The summed E-state index contributed by atoms with van der Waals surface area (Å²) in [6.07, 6.45) is 0. The monoisotopic (exact) mass is 369 g/mol. The highest BCUT2D eigenvalue weighted by atomic mass is 35.5. The number of benzene rings is 2. The van der Waals surface area contributed by atoms with Gasteiger partial charge in [-0.05, 0) is 49.7 Å². The summed E-state index contributed by atoms with van der Waals surface area (Å²) in [5.41, 5.74) is 7.86. The normalized spacial score (nSPS) is 10.4. The Balaban J connectivity index is 1.65. The molecule has 0 unspecified atom stereocenters. The molecule has 0 saturated heterocycles. The van der Waals surface area contributed by atoms with Gasteiger partial charge in [-0.3, -0.25) is 20.4 Å². The molecule has 2 N–H and O–H groups in total. The Morgan fingerprint density at radius 1 is 0.962 bits per heavy atom. The van der Waals surface area contributed by atoms with Gasteiger partial charge in [0.15, 0.2) is 11.5 Å². The molecule has 0 fully saturated rings. The van der Waals surface area contributed by atoms with Gasteiger partial charge in [0.25, 0.3) is 11.8 Å². The molecule has 1 aromatic heterocycles. The van der Waals surface area contributed by atoms with Crippen LogP contribution < -0.4 is 10.9 Å². The van der Waals surface area contributed by atoms with E-state index in [0.29, 0.717) is 16.3 Å². The third-order valence-electron chi connectivity index (χ3n) is 3.79. The minimum Gasteiger partial charge on any atom is -0.355 e. The zero-order valence-electron chi connectivity index (χ0n) is 14.2. The first-order chi connectivity index (χ1) is 12.4. The number of aryl methyl sites for hydroxylation is 2. The van der Waals surface area contributed by atoms with Crippen LogP contribution in [-0.2, 0) is 0 Å². The van der Waals surface area contributed by atoms with Crippen molar-refractivity contribution >= 4 is 23.4 Å². The fraction of sp³-hybridized carbons (Fsp3) is 0.105. The lowest BCUT2D eigenvalue weighted by Gasteiger charge is -2.08. The Morgan fingerprint density at radius 3 is 2.35 bits per heavy atom. The van der Waals surface area contributed by atoms with Crippen molar-refractivity contribution < 1.29 is 14.1 Å². The second kappa shape index (κ2) is 7.41. The van der Waals surface area contributed by atoms with Crippen LogP contribution in [0.1, 0.15) is 32.0 Å². The summed E-state index contributed by atoms with van der Waals surface area (Å²) in [5, 5.41) is 4.32. The van der Waals surface area contributed by atoms with Gasteiger partial charge in [-0.1, -0.05) is 34.5 Å². The number of hydrogen-bond donors (Lipinski definition) is 2. The van der Waals surface area contributed by atoms with Crippen molar-refractivity contribution in [2.75, 3.05) is 0 Å². The van der Waals surface area contributed by atoms with E-state index in [9.17, 15) is 9.59 Å². The number of hydrogen-bond acceptors (Lipinski definition) is 4. The number of amides is 2. The van der Waals surface area contributed by atoms with Crippen molar-refractivity contribution in [3.63, 3.8) is 0 Å². The van der Waals surface area contributed by atoms with E-state index in [1.54, 1.807) is 30.3 Å². The van der Waals surface area contributed by atoms with Crippen molar-refractivity contribution in [1.82, 2.24) is 16.0 Å². The summed E-state index contributed by atoms with van der Waals surface area (Å²) in [4.78, 5) is 24.3. The molecule has 0 spiro atoms. The Morgan fingerprint density at radius 2 is 1.65 bits per heavy atom. The number of carbonyl (C=O) groups excluding carboxylic acids is 2. The maximum Gasteiger partial charge on any atom is 0.291 e. The molecule has 2 amide bonds. The molecule has 3 aromatic rings. The standard InChI is InChI=1S/C19H16ClN3O3/c1-11-3-8-15(12(2)9-11)18(24)21-22-19(25)16-10-17(26-23-16)13-4-6-14(20)7-5-13/h3-10H,1-2H3,(H,21,24)(H,22,25). The lowest BCUT2D eigenvalue weighted by Crippen LogP contribution is -2.42. The van der Waals surface area contributed by atoms with E-state index in [1.165, 1.54) is 6.07 Å². The van der Waals surface area contributed by atoms with Crippen molar-refractivity contribution in [2.24, 2.45) is 0 Å².